The fourth-order valence-corrected chi connectivity index (χ4v) is 2.30. The van der Waals surface area contributed by atoms with Crippen molar-refractivity contribution in [3.05, 3.63) is 28.2 Å². The van der Waals surface area contributed by atoms with Gasteiger partial charge >= 0.3 is 5.97 Å². The van der Waals surface area contributed by atoms with Crippen molar-refractivity contribution in [3.8, 4) is 5.75 Å². The maximum absolute atomic E-state index is 12.3. The average molecular weight is 358 g/mol. The molecule has 1 rings (SSSR count). The van der Waals surface area contributed by atoms with Crippen molar-refractivity contribution in [2.45, 2.75) is 26.3 Å². The number of carbonyl (C=O) groups excluding carboxylic acids is 2. The number of carbonyl (C=O) groups is 2. The number of benzene rings is 1. The summed E-state index contributed by atoms with van der Waals surface area (Å²) in [6, 6.07) is 4.42. The highest BCUT2D eigenvalue weighted by Crippen LogP contribution is 2.22. The van der Waals surface area contributed by atoms with E-state index in [1.54, 1.807) is 18.2 Å². The third-order valence-corrected chi connectivity index (χ3v) is 3.61. The molecule has 6 heteroatoms. The molecular formula is C15H20BrNO4. The lowest BCUT2D eigenvalue weighted by atomic mass is 10.0. The Morgan fingerprint density at radius 1 is 1.29 bits per heavy atom. The lowest BCUT2D eigenvalue weighted by Crippen LogP contribution is -2.42. The van der Waals surface area contributed by atoms with Gasteiger partial charge in [-0.15, -0.1) is 0 Å². The van der Waals surface area contributed by atoms with E-state index in [1.165, 1.54) is 14.2 Å². The molecule has 0 radical (unpaired) electrons. The Morgan fingerprint density at radius 2 is 1.95 bits per heavy atom. The molecular weight excluding hydrogens is 338 g/mol. The second-order valence-electron chi connectivity index (χ2n) is 5.02. The number of halogens is 1. The molecule has 1 amide bonds. The molecule has 0 aliphatic heterocycles. The molecule has 0 bridgehead atoms. The summed E-state index contributed by atoms with van der Waals surface area (Å²) < 4.78 is 10.5. The summed E-state index contributed by atoms with van der Waals surface area (Å²) in [6.07, 6.45) is 0.514. The van der Waals surface area contributed by atoms with E-state index in [0.717, 1.165) is 0 Å². The molecule has 0 aliphatic rings. The monoisotopic (exact) mass is 357 g/mol. The van der Waals surface area contributed by atoms with Gasteiger partial charge in [0.15, 0.2) is 0 Å². The molecule has 1 N–H and O–H groups in total. The number of esters is 1. The van der Waals surface area contributed by atoms with Gasteiger partial charge in [-0.05, 0) is 46.5 Å². The zero-order chi connectivity index (χ0) is 16.0. The van der Waals surface area contributed by atoms with Crippen molar-refractivity contribution in [2.75, 3.05) is 14.2 Å². The molecule has 1 aromatic rings. The number of amides is 1. The SMILES string of the molecule is COC(=O)C(CC(C)C)NC(=O)c1cc(OC)ccc1Br. The van der Waals surface area contributed by atoms with Crippen molar-refractivity contribution in [3.63, 3.8) is 0 Å². The van der Waals surface area contributed by atoms with Gasteiger partial charge in [-0.1, -0.05) is 13.8 Å². The molecule has 0 aliphatic carbocycles. The Morgan fingerprint density at radius 3 is 2.48 bits per heavy atom. The summed E-state index contributed by atoms with van der Waals surface area (Å²) in [5, 5.41) is 2.71. The Labute approximate surface area is 133 Å². The van der Waals surface area contributed by atoms with Crippen LogP contribution in [0.15, 0.2) is 22.7 Å². The zero-order valence-electron chi connectivity index (χ0n) is 12.6. The number of rotatable bonds is 6. The highest BCUT2D eigenvalue weighted by Gasteiger charge is 2.24. The molecule has 5 nitrogen and oxygen atoms in total. The smallest absolute Gasteiger partial charge is 0.328 e. The van der Waals surface area contributed by atoms with E-state index in [1.807, 2.05) is 13.8 Å². The molecule has 0 aromatic heterocycles. The third kappa shape index (κ3) is 5.04. The molecule has 1 atom stereocenters. The summed E-state index contributed by atoms with van der Waals surface area (Å²) in [6.45, 7) is 3.95. The second kappa shape index (κ2) is 8.02. The summed E-state index contributed by atoms with van der Waals surface area (Å²) in [7, 11) is 2.84. The number of ether oxygens (including phenoxy) is 2. The number of hydrogen-bond donors (Lipinski definition) is 1. The van der Waals surface area contributed by atoms with Crippen LogP contribution in [-0.4, -0.2) is 32.1 Å². The molecule has 1 unspecified atom stereocenters. The van der Waals surface area contributed by atoms with E-state index in [0.29, 0.717) is 22.2 Å². The largest absolute Gasteiger partial charge is 0.497 e. The molecule has 0 spiro atoms. The van der Waals surface area contributed by atoms with E-state index >= 15 is 0 Å². The minimum absolute atomic E-state index is 0.253. The summed E-state index contributed by atoms with van der Waals surface area (Å²) >= 11 is 3.32. The van der Waals surface area contributed by atoms with Crippen LogP contribution >= 0.6 is 15.9 Å². The van der Waals surface area contributed by atoms with E-state index in [2.05, 4.69) is 21.2 Å². The first-order chi connectivity index (χ1) is 9.88. The van der Waals surface area contributed by atoms with Crippen LogP contribution in [-0.2, 0) is 9.53 Å². The maximum atomic E-state index is 12.3. The average Bonchev–Trinajstić information content (AvgIpc) is 2.45. The molecule has 116 valence electrons. The number of methoxy groups -OCH3 is 2. The fourth-order valence-electron chi connectivity index (χ4n) is 1.87. The second-order valence-corrected chi connectivity index (χ2v) is 5.88. The number of hydrogen-bond acceptors (Lipinski definition) is 4. The first-order valence-corrected chi connectivity index (χ1v) is 7.40. The molecule has 0 saturated carbocycles. The lowest BCUT2D eigenvalue weighted by Gasteiger charge is -2.18. The van der Waals surface area contributed by atoms with E-state index in [9.17, 15) is 9.59 Å². The first-order valence-electron chi connectivity index (χ1n) is 6.61. The van der Waals surface area contributed by atoms with Crippen LogP contribution in [0.4, 0.5) is 0 Å². The first kappa shape index (κ1) is 17.5. The Balaban J connectivity index is 2.93. The lowest BCUT2D eigenvalue weighted by molar-refractivity contribution is -0.143. The predicted octanol–water partition coefficient (Wildman–Crippen LogP) is 2.78. The maximum Gasteiger partial charge on any atom is 0.328 e. The van der Waals surface area contributed by atoms with E-state index in [-0.39, 0.29) is 11.8 Å². The quantitative estimate of drug-likeness (QED) is 0.795. The van der Waals surface area contributed by atoms with Crippen LogP contribution in [0.2, 0.25) is 0 Å². The minimum atomic E-state index is -0.666. The fraction of sp³-hybridized carbons (Fsp3) is 0.467. The van der Waals surface area contributed by atoms with Gasteiger partial charge in [-0.3, -0.25) is 4.79 Å². The van der Waals surface area contributed by atoms with Crippen LogP contribution in [0, 0.1) is 5.92 Å². The molecule has 21 heavy (non-hydrogen) atoms. The summed E-state index contributed by atoms with van der Waals surface area (Å²) in [5.74, 6) is 0.0258. The Bertz CT molecular complexity index is 516. The van der Waals surface area contributed by atoms with Crippen LogP contribution in [0.1, 0.15) is 30.6 Å². The predicted molar refractivity (Wildman–Crippen MR) is 83.4 cm³/mol. The highest BCUT2D eigenvalue weighted by molar-refractivity contribution is 9.10. The van der Waals surface area contributed by atoms with Crippen molar-refractivity contribution in [1.29, 1.82) is 0 Å². The van der Waals surface area contributed by atoms with Gasteiger partial charge in [0.25, 0.3) is 5.91 Å². The standard InChI is InChI=1S/C15H20BrNO4/c1-9(2)7-13(15(19)21-4)17-14(18)11-8-10(20-3)5-6-12(11)16/h5-6,8-9,13H,7H2,1-4H3,(H,17,18). The van der Waals surface area contributed by atoms with Gasteiger partial charge in [0.05, 0.1) is 19.8 Å². The Hall–Kier alpha value is -1.56. The van der Waals surface area contributed by atoms with Gasteiger partial charge < -0.3 is 14.8 Å². The van der Waals surface area contributed by atoms with E-state index < -0.39 is 12.0 Å². The van der Waals surface area contributed by atoms with Gasteiger partial charge in [-0.2, -0.15) is 0 Å². The molecule has 0 fully saturated rings. The molecule has 0 heterocycles. The van der Waals surface area contributed by atoms with Crippen LogP contribution in [0.3, 0.4) is 0 Å². The zero-order valence-corrected chi connectivity index (χ0v) is 14.2. The normalized spacial score (nSPS) is 11.9. The summed E-state index contributed by atoms with van der Waals surface area (Å²) in [4.78, 5) is 24.1. The van der Waals surface area contributed by atoms with Crippen LogP contribution < -0.4 is 10.1 Å². The van der Waals surface area contributed by atoms with Gasteiger partial charge in [0.1, 0.15) is 11.8 Å². The van der Waals surface area contributed by atoms with Crippen LogP contribution in [0.5, 0.6) is 5.75 Å². The highest BCUT2D eigenvalue weighted by atomic mass is 79.9. The van der Waals surface area contributed by atoms with Crippen molar-refractivity contribution >= 4 is 27.8 Å². The Kier molecular flexibility index (Phi) is 6.68. The van der Waals surface area contributed by atoms with Crippen molar-refractivity contribution in [1.82, 2.24) is 5.32 Å². The van der Waals surface area contributed by atoms with Gasteiger partial charge in [0.2, 0.25) is 0 Å². The molecule has 0 saturated heterocycles. The summed E-state index contributed by atoms with van der Waals surface area (Å²) in [5.41, 5.74) is 0.409. The van der Waals surface area contributed by atoms with Crippen molar-refractivity contribution < 1.29 is 19.1 Å². The van der Waals surface area contributed by atoms with Gasteiger partial charge in [0, 0.05) is 4.47 Å². The third-order valence-electron chi connectivity index (χ3n) is 2.92. The van der Waals surface area contributed by atoms with Gasteiger partial charge in [-0.25, -0.2) is 4.79 Å². The topological polar surface area (TPSA) is 64.6 Å². The number of nitrogens with one attached hydrogen (secondary N) is 1. The van der Waals surface area contributed by atoms with Crippen molar-refractivity contribution in [2.24, 2.45) is 5.92 Å². The van der Waals surface area contributed by atoms with Crippen LogP contribution in [0.25, 0.3) is 0 Å². The van der Waals surface area contributed by atoms with E-state index in [4.69, 9.17) is 9.47 Å². The minimum Gasteiger partial charge on any atom is -0.497 e. The molecule has 1 aromatic carbocycles.